The molecule has 0 saturated carbocycles. The van der Waals surface area contributed by atoms with E-state index in [-0.39, 0.29) is 16.6 Å². The summed E-state index contributed by atoms with van der Waals surface area (Å²) < 4.78 is 0. The van der Waals surface area contributed by atoms with Crippen molar-refractivity contribution in [2.75, 3.05) is 7.05 Å². The highest BCUT2D eigenvalue weighted by molar-refractivity contribution is 6.70. The second kappa shape index (κ2) is 5.59. The molecule has 0 aliphatic carbocycles. The van der Waals surface area contributed by atoms with E-state index in [9.17, 15) is 0 Å². The standard InChI is InChI=1S/C13H34N4Si/c1-11(2,3)15-18(14-10,16-12(4,5)6)17-13(7,8)9/h14-17H,1-10H3. The Morgan fingerprint density at radius 3 is 0.889 bits per heavy atom. The van der Waals surface area contributed by atoms with Crippen molar-refractivity contribution in [1.29, 1.82) is 0 Å². The molecule has 0 spiro atoms. The van der Waals surface area contributed by atoms with Gasteiger partial charge >= 0.3 is 8.72 Å². The molecule has 18 heavy (non-hydrogen) atoms. The van der Waals surface area contributed by atoms with Crippen LogP contribution in [0.25, 0.3) is 0 Å². The SMILES string of the molecule is CN[Si](NC(C)(C)C)(NC(C)(C)C)NC(C)(C)C. The Kier molecular flexibility index (Phi) is 5.60. The van der Waals surface area contributed by atoms with Crippen LogP contribution >= 0.6 is 0 Å². The van der Waals surface area contributed by atoms with Gasteiger partial charge in [0, 0.05) is 16.6 Å². The summed E-state index contributed by atoms with van der Waals surface area (Å²) in [6.07, 6.45) is 0. The fraction of sp³-hybridized carbons (Fsp3) is 1.00. The predicted octanol–water partition coefficient (Wildman–Crippen LogP) is 1.81. The first-order valence-electron chi connectivity index (χ1n) is 6.75. The first kappa shape index (κ1) is 18.1. The lowest BCUT2D eigenvalue weighted by atomic mass is 10.1. The molecule has 0 radical (unpaired) electrons. The number of hydrogen-bond acceptors (Lipinski definition) is 4. The van der Waals surface area contributed by atoms with E-state index in [0.717, 1.165) is 0 Å². The van der Waals surface area contributed by atoms with Crippen LogP contribution in [0.5, 0.6) is 0 Å². The Bertz CT molecular complexity index is 217. The van der Waals surface area contributed by atoms with E-state index >= 15 is 0 Å². The third-order valence-electron chi connectivity index (χ3n) is 2.06. The normalized spacial score (nSPS) is 15.0. The van der Waals surface area contributed by atoms with Crippen molar-refractivity contribution in [3.8, 4) is 0 Å². The Balaban J connectivity index is 5.20. The van der Waals surface area contributed by atoms with Crippen molar-refractivity contribution in [1.82, 2.24) is 19.9 Å². The monoisotopic (exact) mass is 274 g/mol. The molecule has 0 aromatic heterocycles. The van der Waals surface area contributed by atoms with E-state index in [4.69, 9.17) is 0 Å². The summed E-state index contributed by atoms with van der Waals surface area (Å²) >= 11 is 0. The molecule has 0 aliphatic rings. The first-order chi connectivity index (χ1) is 7.68. The zero-order chi connectivity index (χ0) is 14.8. The molecule has 0 atom stereocenters. The van der Waals surface area contributed by atoms with Crippen molar-refractivity contribution in [3.05, 3.63) is 0 Å². The smallest absolute Gasteiger partial charge is 0.303 e. The van der Waals surface area contributed by atoms with E-state index in [0.29, 0.717) is 0 Å². The van der Waals surface area contributed by atoms with Gasteiger partial charge in [-0.05, 0) is 69.4 Å². The molecular formula is C13H34N4Si. The molecular weight excluding hydrogens is 240 g/mol. The maximum Gasteiger partial charge on any atom is 0.366 e. The van der Waals surface area contributed by atoms with Crippen molar-refractivity contribution in [2.24, 2.45) is 0 Å². The highest BCUT2D eigenvalue weighted by Gasteiger charge is 2.42. The van der Waals surface area contributed by atoms with Crippen molar-refractivity contribution in [3.63, 3.8) is 0 Å². The van der Waals surface area contributed by atoms with Crippen LogP contribution in [-0.4, -0.2) is 32.4 Å². The quantitative estimate of drug-likeness (QED) is 0.591. The summed E-state index contributed by atoms with van der Waals surface area (Å²) in [5, 5.41) is 0. The Hall–Kier alpha value is 0.0569. The molecule has 0 aromatic rings. The van der Waals surface area contributed by atoms with E-state index < -0.39 is 8.72 Å². The van der Waals surface area contributed by atoms with Gasteiger partial charge in [-0.3, -0.25) is 14.9 Å². The molecule has 110 valence electrons. The highest BCUT2D eigenvalue weighted by atomic mass is 28.4. The molecule has 0 fully saturated rings. The lowest BCUT2D eigenvalue weighted by Crippen LogP contribution is -2.87. The summed E-state index contributed by atoms with van der Waals surface area (Å²) in [4.78, 5) is 14.7. The summed E-state index contributed by atoms with van der Waals surface area (Å²) in [5.74, 6) is 0. The van der Waals surface area contributed by atoms with Gasteiger partial charge in [-0.25, -0.2) is 0 Å². The van der Waals surface area contributed by atoms with Gasteiger partial charge in [-0.2, -0.15) is 0 Å². The minimum absolute atomic E-state index is 0.0474. The Morgan fingerprint density at radius 1 is 0.556 bits per heavy atom. The Morgan fingerprint density at radius 2 is 0.778 bits per heavy atom. The first-order valence-corrected chi connectivity index (χ1v) is 8.75. The summed E-state index contributed by atoms with van der Waals surface area (Å²) in [7, 11) is -0.159. The van der Waals surface area contributed by atoms with Gasteiger partial charge in [-0.15, -0.1) is 0 Å². The summed E-state index contributed by atoms with van der Waals surface area (Å²) in [6, 6.07) is 0. The van der Waals surface area contributed by atoms with Crippen LogP contribution in [0.1, 0.15) is 62.3 Å². The van der Waals surface area contributed by atoms with Gasteiger partial charge in [0.1, 0.15) is 0 Å². The molecule has 5 heteroatoms. The van der Waals surface area contributed by atoms with Crippen LogP contribution in [0.3, 0.4) is 0 Å². The Labute approximate surface area is 115 Å². The predicted molar refractivity (Wildman–Crippen MR) is 83.5 cm³/mol. The second-order valence-corrected chi connectivity index (χ2v) is 10.9. The van der Waals surface area contributed by atoms with Crippen LogP contribution in [0.15, 0.2) is 0 Å². The van der Waals surface area contributed by atoms with E-state index in [1.165, 1.54) is 0 Å². The topological polar surface area (TPSA) is 48.1 Å². The zero-order valence-corrected chi connectivity index (χ0v) is 15.0. The van der Waals surface area contributed by atoms with Gasteiger partial charge in [0.05, 0.1) is 0 Å². The highest BCUT2D eigenvalue weighted by Crippen LogP contribution is 2.10. The van der Waals surface area contributed by atoms with Gasteiger partial charge in [-0.1, -0.05) is 0 Å². The molecule has 4 N–H and O–H groups in total. The largest absolute Gasteiger partial charge is 0.366 e. The molecule has 0 heterocycles. The van der Waals surface area contributed by atoms with E-state index in [1.54, 1.807) is 0 Å². The third-order valence-corrected chi connectivity index (χ3v) is 6.19. The lowest BCUT2D eigenvalue weighted by Gasteiger charge is -2.45. The van der Waals surface area contributed by atoms with Crippen LogP contribution in [-0.2, 0) is 0 Å². The maximum atomic E-state index is 3.74. The molecule has 0 saturated heterocycles. The van der Waals surface area contributed by atoms with E-state index in [2.05, 4.69) is 82.2 Å². The van der Waals surface area contributed by atoms with Gasteiger partial charge in [0.2, 0.25) is 0 Å². The molecule has 0 bridgehead atoms. The fourth-order valence-corrected chi connectivity index (χ4v) is 5.91. The molecule has 0 aromatic carbocycles. The van der Waals surface area contributed by atoms with Crippen LogP contribution in [0.4, 0.5) is 0 Å². The minimum atomic E-state index is -2.18. The lowest BCUT2D eigenvalue weighted by molar-refractivity contribution is 0.408. The minimum Gasteiger partial charge on any atom is -0.303 e. The molecule has 0 unspecified atom stereocenters. The van der Waals surface area contributed by atoms with Crippen LogP contribution in [0.2, 0.25) is 0 Å². The second-order valence-electron chi connectivity index (χ2n) is 8.12. The van der Waals surface area contributed by atoms with Crippen LogP contribution < -0.4 is 19.9 Å². The number of hydrogen-bond donors (Lipinski definition) is 4. The average molecular weight is 275 g/mol. The average Bonchev–Trinajstić information content (AvgIpc) is 1.93. The van der Waals surface area contributed by atoms with Gasteiger partial charge in [0.15, 0.2) is 0 Å². The van der Waals surface area contributed by atoms with E-state index in [1.807, 2.05) is 7.05 Å². The van der Waals surface area contributed by atoms with Gasteiger partial charge in [0.25, 0.3) is 0 Å². The van der Waals surface area contributed by atoms with Crippen LogP contribution in [0, 0.1) is 0 Å². The summed E-state index contributed by atoms with van der Waals surface area (Å²) in [5.41, 5.74) is 0.142. The number of rotatable bonds is 4. The zero-order valence-electron chi connectivity index (χ0n) is 14.0. The summed E-state index contributed by atoms with van der Waals surface area (Å²) in [6.45, 7) is 19.8. The number of nitrogens with one attached hydrogen (secondary N) is 4. The molecule has 0 rings (SSSR count). The van der Waals surface area contributed by atoms with Crippen molar-refractivity contribution in [2.45, 2.75) is 78.9 Å². The molecule has 0 amide bonds. The maximum absolute atomic E-state index is 3.74. The molecule has 0 aliphatic heterocycles. The van der Waals surface area contributed by atoms with Gasteiger partial charge < -0.3 is 4.98 Å². The fourth-order valence-electron chi connectivity index (χ4n) is 1.97. The third kappa shape index (κ3) is 8.21. The van der Waals surface area contributed by atoms with Crippen molar-refractivity contribution < 1.29 is 0 Å². The van der Waals surface area contributed by atoms with Crippen molar-refractivity contribution >= 4 is 8.72 Å². The molecule has 4 nitrogen and oxygen atoms in total.